The van der Waals surface area contributed by atoms with Gasteiger partial charge in [-0.1, -0.05) is 18.6 Å². The highest BCUT2D eigenvalue weighted by Gasteiger charge is 2.28. The normalized spacial score (nSPS) is 17.7. The second kappa shape index (κ2) is 10.6. The van der Waals surface area contributed by atoms with Gasteiger partial charge in [0.15, 0.2) is 0 Å². The van der Waals surface area contributed by atoms with Crippen LogP contribution in [-0.2, 0) is 16.1 Å². The van der Waals surface area contributed by atoms with E-state index in [1.807, 2.05) is 0 Å². The van der Waals surface area contributed by atoms with Crippen molar-refractivity contribution >= 4 is 23.6 Å². The van der Waals surface area contributed by atoms with Crippen molar-refractivity contribution in [1.82, 2.24) is 30.2 Å². The Morgan fingerprint density at radius 3 is 2.77 bits per heavy atom. The van der Waals surface area contributed by atoms with Crippen LogP contribution < -0.4 is 10.6 Å². The van der Waals surface area contributed by atoms with Crippen molar-refractivity contribution in [2.45, 2.75) is 39.2 Å². The maximum absolute atomic E-state index is 13.5. The lowest BCUT2D eigenvalue weighted by molar-refractivity contribution is -0.147. The number of esters is 1. The van der Waals surface area contributed by atoms with Crippen molar-refractivity contribution < 1.29 is 23.5 Å². The molecule has 4 rings (SSSR count). The number of aromatic nitrogens is 4. The first-order valence-corrected chi connectivity index (χ1v) is 11.5. The molecule has 0 saturated heterocycles. The fourth-order valence-electron chi connectivity index (χ4n) is 4.36. The second-order valence-corrected chi connectivity index (χ2v) is 8.73. The Morgan fingerprint density at radius 1 is 1.17 bits per heavy atom. The van der Waals surface area contributed by atoms with Crippen LogP contribution in [-0.4, -0.2) is 51.0 Å². The summed E-state index contributed by atoms with van der Waals surface area (Å²) < 4.78 is 19.6. The van der Waals surface area contributed by atoms with Crippen molar-refractivity contribution in [2.24, 2.45) is 11.8 Å². The molecule has 11 heteroatoms. The topological polar surface area (TPSA) is 128 Å². The summed E-state index contributed by atoms with van der Waals surface area (Å²) >= 11 is 0. The molecule has 1 aliphatic rings. The van der Waals surface area contributed by atoms with Gasteiger partial charge >= 0.3 is 5.97 Å². The minimum Gasteiger partial charge on any atom is -0.469 e. The van der Waals surface area contributed by atoms with Gasteiger partial charge in [0.2, 0.25) is 0 Å². The molecule has 1 unspecified atom stereocenters. The molecule has 1 saturated carbocycles. The number of aryl methyl sites for hydroxylation is 1. The number of methoxy groups -OCH3 is 1. The van der Waals surface area contributed by atoms with Crippen molar-refractivity contribution in [3.8, 4) is 0 Å². The number of ether oxygens (including phenoxy) is 1. The molecular weight excluding hydrogens is 455 g/mol. The molecule has 35 heavy (non-hydrogen) atoms. The van der Waals surface area contributed by atoms with Gasteiger partial charge < -0.3 is 15.4 Å². The number of amides is 2. The van der Waals surface area contributed by atoms with E-state index in [1.54, 1.807) is 19.1 Å². The first-order valence-electron chi connectivity index (χ1n) is 11.5. The Labute approximate surface area is 201 Å². The molecule has 0 radical (unpaired) electrons. The quantitative estimate of drug-likeness (QED) is 0.494. The second-order valence-electron chi connectivity index (χ2n) is 8.73. The van der Waals surface area contributed by atoms with E-state index in [0.29, 0.717) is 18.5 Å². The predicted octanol–water partition coefficient (Wildman–Crippen LogP) is 2.21. The summed E-state index contributed by atoms with van der Waals surface area (Å²) in [5, 5.41) is 9.67. The average molecular weight is 483 g/mol. The summed E-state index contributed by atoms with van der Waals surface area (Å²) in [6.45, 7) is 2.20. The van der Waals surface area contributed by atoms with E-state index in [2.05, 4.69) is 25.7 Å². The Morgan fingerprint density at radius 2 is 2.00 bits per heavy atom. The molecule has 0 spiro atoms. The van der Waals surface area contributed by atoms with E-state index in [4.69, 9.17) is 4.74 Å². The first kappa shape index (κ1) is 24.2. The molecule has 0 aliphatic heterocycles. The van der Waals surface area contributed by atoms with Gasteiger partial charge in [-0.3, -0.25) is 14.4 Å². The van der Waals surface area contributed by atoms with Crippen LogP contribution in [0.3, 0.4) is 0 Å². The lowest BCUT2D eigenvalue weighted by Crippen LogP contribution is -2.35. The number of rotatable bonds is 7. The van der Waals surface area contributed by atoms with E-state index in [9.17, 15) is 18.8 Å². The summed E-state index contributed by atoms with van der Waals surface area (Å²) in [7, 11) is 1.38. The zero-order valence-corrected chi connectivity index (χ0v) is 19.6. The SMILES string of the molecule is COC(=O)[C@H]1CCCC(CNC(=O)c2cc(C(=O)NCc3ccc(F)c(C)c3)nc3ncnn23)C1. The van der Waals surface area contributed by atoms with Gasteiger partial charge in [0.25, 0.3) is 17.6 Å². The van der Waals surface area contributed by atoms with Gasteiger partial charge in [-0.05, 0) is 49.3 Å². The van der Waals surface area contributed by atoms with E-state index < -0.39 is 11.8 Å². The molecule has 3 aromatic rings. The average Bonchev–Trinajstić information content (AvgIpc) is 3.35. The van der Waals surface area contributed by atoms with Crippen molar-refractivity contribution in [3.63, 3.8) is 0 Å². The maximum Gasteiger partial charge on any atom is 0.308 e. The number of hydrogen-bond donors (Lipinski definition) is 2. The third kappa shape index (κ3) is 5.61. The minimum atomic E-state index is -0.500. The smallest absolute Gasteiger partial charge is 0.308 e. The Hall–Kier alpha value is -3.89. The number of halogens is 1. The molecule has 184 valence electrons. The van der Waals surface area contributed by atoms with E-state index in [1.165, 1.54) is 30.1 Å². The number of hydrogen-bond acceptors (Lipinski definition) is 7. The van der Waals surface area contributed by atoms with Crippen LogP contribution in [0.2, 0.25) is 0 Å². The van der Waals surface area contributed by atoms with Gasteiger partial charge in [0, 0.05) is 19.2 Å². The van der Waals surface area contributed by atoms with Gasteiger partial charge in [0.05, 0.1) is 13.0 Å². The molecular formula is C24H27FN6O4. The van der Waals surface area contributed by atoms with Crippen molar-refractivity contribution in [3.05, 3.63) is 58.9 Å². The third-order valence-electron chi connectivity index (χ3n) is 6.26. The van der Waals surface area contributed by atoms with Crippen molar-refractivity contribution in [2.75, 3.05) is 13.7 Å². The lowest BCUT2D eigenvalue weighted by atomic mass is 9.81. The highest BCUT2D eigenvalue weighted by molar-refractivity contribution is 5.98. The number of fused-ring (bicyclic) bond motifs is 1. The zero-order chi connectivity index (χ0) is 24.9. The summed E-state index contributed by atoms with van der Waals surface area (Å²) in [6, 6.07) is 5.95. The van der Waals surface area contributed by atoms with Crippen LogP contribution in [0, 0.1) is 24.6 Å². The standard InChI is InChI=1S/C24H27FN6O4/c1-14-8-16(6-7-18(14)25)12-26-21(32)19-10-20(31-24(30-19)28-13-29-31)22(33)27-11-15-4-3-5-17(9-15)23(34)35-2/h6-8,10,13,15,17H,3-5,9,11-12H2,1-2H3,(H,26,32)(H,27,33)/t15?,17-/m0/s1. The summed E-state index contributed by atoms with van der Waals surface area (Å²) in [5.41, 5.74) is 1.35. The Bertz CT molecular complexity index is 1260. The molecule has 2 atom stereocenters. The van der Waals surface area contributed by atoms with Gasteiger partial charge in [-0.2, -0.15) is 14.6 Å². The number of carbonyl (C=O) groups excluding carboxylic acids is 3. The van der Waals surface area contributed by atoms with Crippen LogP contribution in [0.1, 0.15) is 57.8 Å². The fourth-order valence-corrected chi connectivity index (χ4v) is 4.36. The molecule has 2 heterocycles. The Kier molecular flexibility index (Phi) is 7.33. The molecule has 1 aliphatic carbocycles. The number of benzene rings is 1. The summed E-state index contributed by atoms with van der Waals surface area (Å²) in [5.74, 6) is -1.35. The fraction of sp³-hybridized carbons (Fsp3) is 0.417. The monoisotopic (exact) mass is 482 g/mol. The van der Waals surface area contributed by atoms with Crippen LogP contribution in [0.25, 0.3) is 5.78 Å². The number of carbonyl (C=O) groups is 3. The lowest BCUT2D eigenvalue weighted by Gasteiger charge is -2.27. The zero-order valence-electron chi connectivity index (χ0n) is 19.6. The number of nitrogens with zero attached hydrogens (tertiary/aromatic N) is 4. The van der Waals surface area contributed by atoms with E-state index >= 15 is 0 Å². The minimum absolute atomic E-state index is 0.0119. The van der Waals surface area contributed by atoms with Gasteiger partial charge in [0.1, 0.15) is 23.5 Å². The van der Waals surface area contributed by atoms with E-state index in [0.717, 1.165) is 24.8 Å². The summed E-state index contributed by atoms with van der Waals surface area (Å²) in [6.07, 6.45) is 4.49. The molecule has 2 N–H and O–H groups in total. The molecule has 0 bridgehead atoms. The van der Waals surface area contributed by atoms with Crippen LogP contribution >= 0.6 is 0 Å². The summed E-state index contributed by atoms with van der Waals surface area (Å²) in [4.78, 5) is 45.9. The number of nitrogens with one attached hydrogen (secondary N) is 2. The first-order chi connectivity index (χ1) is 16.9. The van der Waals surface area contributed by atoms with Crippen LogP contribution in [0.15, 0.2) is 30.6 Å². The molecule has 1 aromatic carbocycles. The largest absolute Gasteiger partial charge is 0.469 e. The van der Waals surface area contributed by atoms with Gasteiger partial charge in [-0.25, -0.2) is 9.37 Å². The molecule has 2 amide bonds. The van der Waals surface area contributed by atoms with Gasteiger partial charge in [-0.15, -0.1) is 0 Å². The Balaban J connectivity index is 1.44. The molecule has 10 nitrogen and oxygen atoms in total. The molecule has 2 aromatic heterocycles. The highest BCUT2D eigenvalue weighted by atomic mass is 19.1. The predicted molar refractivity (Wildman–Crippen MR) is 123 cm³/mol. The van der Waals surface area contributed by atoms with Crippen LogP contribution in [0.4, 0.5) is 4.39 Å². The van der Waals surface area contributed by atoms with Crippen molar-refractivity contribution in [1.29, 1.82) is 0 Å². The third-order valence-corrected chi connectivity index (χ3v) is 6.26. The maximum atomic E-state index is 13.5. The highest BCUT2D eigenvalue weighted by Crippen LogP contribution is 2.29. The van der Waals surface area contributed by atoms with Crippen LogP contribution in [0.5, 0.6) is 0 Å². The van der Waals surface area contributed by atoms with E-state index in [-0.39, 0.29) is 47.3 Å². The molecule has 1 fully saturated rings.